The van der Waals surface area contributed by atoms with Crippen molar-refractivity contribution in [2.45, 2.75) is 13.5 Å². The first kappa shape index (κ1) is 12.2. The predicted molar refractivity (Wildman–Crippen MR) is 62.0 cm³/mol. The molecule has 0 spiro atoms. The monoisotopic (exact) mass is 251 g/mol. The molecule has 0 fully saturated rings. The summed E-state index contributed by atoms with van der Waals surface area (Å²) in [6.45, 7) is 1.83. The van der Waals surface area contributed by atoms with Crippen molar-refractivity contribution >= 4 is 11.6 Å². The van der Waals surface area contributed by atoms with Crippen LogP contribution < -0.4 is 5.32 Å². The number of nitrogens with zero attached hydrogens (tertiary/aromatic N) is 2. The molecule has 0 aliphatic rings. The quantitative estimate of drug-likeness (QED) is 0.908. The van der Waals surface area contributed by atoms with Crippen molar-refractivity contribution in [3.05, 3.63) is 47.8 Å². The van der Waals surface area contributed by atoms with Crippen molar-refractivity contribution in [1.82, 2.24) is 9.78 Å². The highest BCUT2D eigenvalue weighted by Crippen LogP contribution is 2.14. The average Bonchev–Trinajstić information content (AvgIpc) is 2.68. The Balaban J connectivity index is 2.03. The van der Waals surface area contributed by atoms with Gasteiger partial charge in [-0.25, -0.2) is 8.78 Å². The summed E-state index contributed by atoms with van der Waals surface area (Å²) in [6, 6.07) is 2.97. The summed E-state index contributed by atoms with van der Waals surface area (Å²) in [6.07, 6.45) is 3.31. The Morgan fingerprint density at radius 1 is 1.44 bits per heavy atom. The van der Waals surface area contributed by atoms with Gasteiger partial charge >= 0.3 is 0 Å². The molecule has 0 aliphatic heterocycles. The van der Waals surface area contributed by atoms with Crippen LogP contribution in [0.15, 0.2) is 30.6 Å². The summed E-state index contributed by atoms with van der Waals surface area (Å²) in [7, 11) is 0. The average molecular weight is 251 g/mol. The third-order valence-corrected chi connectivity index (χ3v) is 2.27. The SMILES string of the molecule is Cc1cnn(CC(=O)Nc2ccc(F)cc2F)c1. The lowest BCUT2D eigenvalue weighted by Crippen LogP contribution is -2.19. The Kier molecular flexibility index (Phi) is 3.36. The van der Waals surface area contributed by atoms with Crippen LogP contribution in [0.3, 0.4) is 0 Å². The molecule has 0 atom stereocenters. The number of hydrogen-bond donors (Lipinski definition) is 1. The predicted octanol–water partition coefficient (Wildman–Crippen LogP) is 2.11. The van der Waals surface area contributed by atoms with Gasteiger partial charge in [-0.05, 0) is 24.6 Å². The molecule has 1 aromatic heterocycles. The number of carbonyl (C=O) groups is 1. The van der Waals surface area contributed by atoms with Crippen molar-refractivity contribution in [3.63, 3.8) is 0 Å². The number of halogens is 2. The molecule has 0 radical (unpaired) electrons. The number of nitrogens with one attached hydrogen (secondary N) is 1. The highest BCUT2D eigenvalue weighted by molar-refractivity contribution is 5.90. The molecular weight excluding hydrogens is 240 g/mol. The molecule has 2 aromatic rings. The lowest BCUT2D eigenvalue weighted by atomic mass is 10.3. The Morgan fingerprint density at radius 3 is 2.83 bits per heavy atom. The lowest BCUT2D eigenvalue weighted by molar-refractivity contribution is -0.116. The van der Waals surface area contributed by atoms with E-state index in [1.54, 1.807) is 12.4 Å². The van der Waals surface area contributed by atoms with E-state index >= 15 is 0 Å². The van der Waals surface area contributed by atoms with Crippen molar-refractivity contribution < 1.29 is 13.6 Å². The first-order valence-corrected chi connectivity index (χ1v) is 5.28. The minimum Gasteiger partial charge on any atom is -0.322 e. The number of hydrogen-bond acceptors (Lipinski definition) is 2. The molecule has 4 nitrogen and oxygen atoms in total. The van der Waals surface area contributed by atoms with E-state index in [1.807, 2.05) is 6.92 Å². The largest absolute Gasteiger partial charge is 0.322 e. The molecule has 94 valence electrons. The van der Waals surface area contributed by atoms with E-state index < -0.39 is 17.5 Å². The number of rotatable bonds is 3. The van der Waals surface area contributed by atoms with Crippen LogP contribution in [0, 0.1) is 18.6 Å². The Bertz CT molecular complexity index is 580. The summed E-state index contributed by atoms with van der Waals surface area (Å²) in [5.41, 5.74) is 0.876. The van der Waals surface area contributed by atoms with Gasteiger partial charge < -0.3 is 5.32 Å². The third kappa shape index (κ3) is 2.91. The summed E-state index contributed by atoms with van der Waals surface area (Å²) in [5, 5.41) is 6.29. The fraction of sp³-hybridized carbons (Fsp3) is 0.167. The summed E-state index contributed by atoms with van der Waals surface area (Å²) >= 11 is 0. The van der Waals surface area contributed by atoms with Gasteiger partial charge in [0.25, 0.3) is 0 Å². The Morgan fingerprint density at radius 2 is 2.22 bits per heavy atom. The molecule has 1 N–H and O–H groups in total. The molecule has 1 amide bonds. The zero-order chi connectivity index (χ0) is 13.1. The van der Waals surface area contributed by atoms with Crippen LogP contribution in [0.2, 0.25) is 0 Å². The smallest absolute Gasteiger partial charge is 0.246 e. The van der Waals surface area contributed by atoms with Gasteiger partial charge in [-0.1, -0.05) is 0 Å². The maximum absolute atomic E-state index is 13.3. The first-order valence-electron chi connectivity index (χ1n) is 5.28. The van der Waals surface area contributed by atoms with Crippen LogP contribution >= 0.6 is 0 Å². The van der Waals surface area contributed by atoms with Gasteiger partial charge in [-0.15, -0.1) is 0 Å². The van der Waals surface area contributed by atoms with Gasteiger partial charge in [0.15, 0.2) is 0 Å². The third-order valence-electron chi connectivity index (χ3n) is 2.27. The maximum atomic E-state index is 13.3. The second-order valence-corrected chi connectivity index (χ2v) is 3.89. The van der Waals surface area contributed by atoms with E-state index in [4.69, 9.17) is 0 Å². The molecule has 1 heterocycles. The summed E-state index contributed by atoms with van der Waals surface area (Å²) in [5.74, 6) is -1.92. The lowest BCUT2D eigenvalue weighted by Gasteiger charge is -2.06. The van der Waals surface area contributed by atoms with Crippen LogP contribution in [0.4, 0.5) is 14.5 Å². The van der Waals surface area contributed by atoms with Crippen LogP contribution in [0.1, 0.15) is 5.56 Å². The zero-order valence-electron chi connectivity index (χ0n) is 9.65. The van der Waals surface area contributed by atoms with Crippen molar-refractivity contribution in [2.75, 3.05) is 5.32 Å². The normalized spacial score (nSPS) is 10.4. The number of aryl methyl sites for hydroxylation is 1. The van der Waals surface area contributed by atoms with Gasteiger partial charge in [0.05, 0.1) is 11.9 Å². The fourth-order valence-electron chi connectivity index (χ4n) is 1.48. The van der Waals surface area contributed by atoms with E-state index in [1.165, 1.54) is 10.7 Å². The molecule has 0 unspecified atom stereocenters. The van der Waals surface area contributed by atoms with E-state index in [2.05, 4.69) is 10.4 Å². The molecular formula is C12H11F2N3O. The molecule has 0 bridgehead atoms. The number of carbonyl (C=O) groups excluding carboxylic acids is 1. The van der Waals surface area contributed by atoms with Crippen molar-refractivity contribution in [1.29, 1.82) is 0 Å². The number of anilines is 1. The minimum absolute atomic E-state index is 0.0232. The second kappa shape index (κ2) is 4.95. The van der Waals surface area contributed by atoms with Crippen LogP contribution in [-0.4, -0.2) is 15.7 Å². The first-order chi connectivity index (χ1) is 8.54. The minimum atomic E-state index is -0.806. The molecule has 0 saturated carbocycles. The summed E-state index contributed by atoms with van der Waals surface area (Å²) < 4.78 is 27.4. The van der Waals surface area contributed by atoms with Crippen molar-refractivity contribution in [3.8, 4) is 0 Å². The second-order valence-electron chi connectivity index (χ2n) is 3.89. The molecule has 6 heteroatoms. The van der Waals surface area contributed by atoms with Gasteiger partial charge in [0.1, 0.15) is 18.2 Å². The number of aromatic nitrogens is 2. The highest BCUT2D eigenvalue weighted by Gasteiger charge is 2.08. The van der Waals surface area contributed by atoms with Crippen LogP contribution in [-0.2, 0) is 11.3 Å². The Labute approximate surface area is 102 Å². The fourth-order valence-corrected chi connectivity index (χ4v) is 1.48. The maximum Gasteiger partial charge on any atom is 0.246 e. The molecule has 1 aromatic carbocycles. The molecule has 2 rings (SSSR count). The topological polar surface area (TPSA) is 46.9 Å². The van der Waals surface area contributed by atoms with E-state index in [9.17, 15) is 13.6 Å². The van der Waals surface area contributed by atoms with Gasteiger partial charge in [-0.3, -0.25) is 9.48 Å². The molecule has 0 saturated heterocycles. The summed E-state index contributed by atoms with van der Waals surface area (Å²) in [4.78, 5) is 11.6. The Hall–Kier alpha value is -2.24. The van der Waals surface area contributed by atoms with Gasteiger partial charge in [-0.2, -0.15) is 5.10 Å². The van der Waals surface area contributed by atoms with E-state index in [0.717, 1.165) is 11.6 Å². The van der Waals surface area contributed by atoms with E-state index in [0.29, 0.717) is 6.07 Å². The highest BCUT2D eigenvalue weighted by atomic mass is 19.1. The van der Waals surface area contributed by atoms with Crippen LogP contribution in [0.5, 0.6) is 0 Å². The van der Waals surface area contributed by atoms with Gasteiger partial charge in [0.2, 0.25) is 5.91 Å². The molecule has 0 aliphatic carbocycles. The van der Waals surface area contributed by atoms with Crippen molar-refractivity contribution in [2.24, 2.45) is 0 Å². The van der Waals surface area contributed by atoms with Crippen LogP contribution in [0.25, 0.3) is 0 Å². The zero-order valence-corrected chi connectivity index (χ0v) is 9.65. The molecule has 18 heavy (non-hydrogen) atoms. The number of amides is 1. The van der Waals surface area contributed by atoms with Gasteiger partial charge in [0, 0.05) is 12.3 Å². The van der Waals surface area contributed by atoms with E-state index in [-0.39, 0.29) is 12.2 Å². The number of benzene rings is 1. The standard InChI is InChI=1S/C12H11F2N3O/c1-8-5-15-17(6-8)7-12(18)16-11-3-2-9(13)4-10(11)14/h2-6H,7H2,1H3,(H,16,18).